The summed E-state index contributed by atoms with van der Waals surface area (Å²) in [5, 5.41) is 0.655. The van der Waals surface area contributed by atoms with Crippen molar-refractivity contribution >= 4 is 23.6 Å². The average Bonchev–Trinajstić information content (AvgIpc) is 2.27. The molecule has 98 valence electrons. The van der Waals surface area contributed by atoms with Gasteiger partial charge in [0.15, 0.2) is 0 Å². The predicted molar refractivity (Wildman–Crippen MR) is 77.6 cm³/mol. The Hall–Kier alpha value is -1.28. The maximum Gasteiger partial charge on any atom is 0.247 e. The molecule has 0 aliphatic rings. The summed E-state index contributed by atoms with van der Waals surface area (Å²) >= 11 is 6.04. The molecule has 0 unspecified atom stereocenters. The lowest BCUT2D eigenvalue weighted by Gasteiger charge is -2.29. The largest absolute Gasteiger partial charge is 0.334 e. The molecular formula is C15H20ClNO. The first-order valence-electron chi connectivity index (χ1n) is 6.18. The highest BCUT2D eigenvalue weighted by Gasteiger charge is 2.17. The van der Waals surface area contributed by atoms with Gasteiger partial charge in [-0.15, -0.1) is 0 Å². The Morgan fingerprint density at radius 3 is 2.22 bits per heavy atom. The molecule has 1 aromatic carbocycles. The van der Waals surface area contributed by atoms with Crippen molar-refractivity contribution in [2.24, 2.45) is 0 Å². The van der Waals surface area contributed by atoms with E-state index < -0.39 is 0 Å². The lowest BCUT2D eigenvalue weighted by Crippen LogP contribution is -2.41. The van der Waals surface area contributed by atoms with Gasteiger partial charge in [-0.2, -0.15) is 0 Å². The van der Waals surface area contributed by atoms with Crippen LogP contribution in [0, 0.1) is 0 Å². The summed E-state index contributed by atoms with van der Waals surface area (Å²) in [7, 11) is 0. The number of benzene rings is 1. The van der Waals surface area contributed by atoms with E-state index in [-0.39, 0.29) is 18.0 Å². The second-order valence-electron chi connectivity index (χ2n) is 4.79. The van der Waals surface area contributed by atoms with Gasteiger partial charge in [0.2, 0.25) is 5.91 Å². The van der Waals surface area contributed by atoms with Crippen LogP contribution in [-0.4, -0.2) is 22.9 Å². The molecule has 1 rings (SSSR count). The smallest absolute Gasteiger partial charge is 0.247 e. The van der Waals surface area contributed by atoms with Crippen molar-refractivity contribution < 1.29 is 4.79 Å². The van der Waals surface area contributed by atoms with Crippen LogP contribution in [0.25, 0.3) is 6.08 Å². The van der Waals surface area contributed by atoms with Gasteiger partial charge in [-0.25, -0.2) is 0 Å². The first-order valence-corrected chi connectivity index (χ1v) is 6.56. The second-order valence-corrected chi connectivity index (χ2v) is 5.20. The van der Waals surface area contributed by atoms with Gasteiger partial charge in [0.25, 0.3) is 0 Å². The molecule has 0 N–H and O–H groups in total. The van der Waals surface area contributed by atoms with E-state index in [0.29, 0.717) is 5.02 Å². The monoisotopic (exact) mass is 265 g/mol. The molecule has 3 heteroatoms. The quantitative estimate of drug-likeness (QED) is 0.754. The highest BCUT2D eigenvalue weighted by atomic mass is 35.5. The number of hydrogen-bond donors (Lipinski definition) is 0. The van der Waals surface area contributed by atoms with Crippen molar-refractivity contribution in [2.75, 3.05) is 0 Å². The fourth-order valence-electron chi connectivity index (χ4n) is 1.96. The first-order chi connectivity index (χ1) is 8.43. The Morgan fingerprint density at radius 1 is 1.17 bits per heavy atom. The lowest BCUT2D eigenvalue weighted by atomic mass is 10.2. The molecule has 0 aromatic heterocycles. The number of hydrogen-bond acceptors (Lipinski definition) is 1. The summed E-state index contributed by atoms with van der Waals surface area (Å²) in [6.45, 7) is 8.06. The van der Waals surface area contributed by atoms with Gasteiger partial charge in [0.1, 0.15) is 0 Å². The van der Waals surface area contributed by atoms with E-state index in [1.165, 1.54) is 0 Å². The van der Waals surface area contributed by atoms with E-state index >= 15 is 0 Å². The summed E-state index contributed by atoms with van der Waals surface area (Å²) in [4.78, 5) is 13.9. The van der Waals surface area contributed by atoms with E-state index in [1.807, 2.05) is 56.9 Å². The maximum atomic E-state index is 12.1. The van der Waals surface area contributed by atoms with Crippen LogP contribution in [0.3, 0.4) is 0 Å². The van der Waals surface area contributed by atoms with Gasteiger partial charge in [0.05, 0.1) is 0 Å². The molecule has 1 amide bonds. The number of carbonyl (C=O) groups excluding carboxylic acids is 1. The maximum absolute atomic E-state index is 12.1. The third-order valence-electron chi connectivity index (χ3n) is 2.68. The molecule has 18 heavy (non-hydrogen) atoms. The molecule has 0 aliphatic heterocycles. The SMILES string of the molecule is CC(C)N(C(=O)/C=C/c1ccccc1Cl)C(C)C. The fourth-order valence-corrected chi connectivity index (χ4v) is 2.16. The van der Waals surface area contributed by atoms with Crippen LogP contribution < -0.4 is 0 Å². The highest BCUT2D eigenvalue weighted by Crippen LogP contribution is 2.16. The zero-order valence-electron chi connectivity index (χ0n) is 11.4. The molecule has 0 fully saturated rings. The van der Waals surface area contributed by atoms with E-state index in [2.05, 4.69) is 0 Å². The van der Waals surface area contributed by atoms with Crippen LogP contribution in [-0.2, 0) is 4.79 Å². The molecule has 0 radical (unpaired) electrons. The molecule has 0 heterocycles. The zero-order valence-corrected chi connectivity index (χ0v) is 12.1. The van der Waals surface area contributed by atoms with E-state index in [4.69, 9.17) is 11.6 Å². The first kappa shape index (κ1) is 14.8. The van der Waals surface area contributed by atoms with Crippen molar-refractivity contribution in [3.8, 4) is 0 Å². The van der Waals surface area contributed by atoms with Crippen LogP contribution in [0.2, 0.25) is 5.02 Å². The fraction of sp³-hybridized carbons (Fsp3) is 0.400. The third kappa shape index (κ3) is 3.88. The van der Waals surface area contributed by atoms with E-state index in [0.717, 1.165) is 5.56 Å². The Morgan fingerprint density at radius 2 is 1.72 bits per heavy atom. The van der Waals surface area contributed by atoms with Gasteiger partial charge in [0, 0.05) is 23.2 Å². The summed E-state index contributed by atoms with van der Waals surface area (Å²) < 4.78 is 0. The molecule has 2 nitrogen and oxygen atoms in total. The topological polar surface area (TPSA) is 20.3 Å². The molecule has 0 atom stereocenters. The number of halogens is 1. The minimum atomic E-state index is 0.0138. The summed E-state index contributed by atoms with van der Waals surface area (Å²) in [6.07, 6.45) is 3.35. The molecular weight excluding hydrogens is 246 g/mol. The Labute approximate surface area is 114 Å². The molecule has 0 aliphatic carbocycles. The molecule has 1 aromatic rings. The Balaban J connectivity index is 2.84. The van der Waals surface area contributed by atoms with Crippen LogP contribution in [0.5, 0.6) is 0 Å². The van der Waals surface area contributed by atoms with Crippen LogP contribution >= 0.6 is 11.6 Å². The van der Waals surface area contributed by atoms with Crippen molar-refractivity contribution in [3.63, 3.8) is 0 Å². The van der Waals surface area contributed by atoms with Gasteiger partial charge in [-0.1, -0.05) is 29.8 Å². The van der Waals surface area contributed by atoms with E-state index in [9.17, 15) is 4.79 Å². The van der Waals surface area contributed by atoms with Gasteiger partial charge in [-0.05, 0) is 45.4 Å². The standard InChI is InChI=1S/C15H20ClNO/c1-11(2)17(12(3)4)15(18)10-9-13-7-5-6-8-14(13)16/h5-12H,1-4H3/b10-9+. The minimum absolute atomic E-state index is 0.0138. The van der Waals surface area contributed by atoms with Crippen molar-refractivity contribution in [3.05, 3.63) is 40.9 Å². The van der Waals surface area contributed by atoms with Crippen molar-refractivity contribution in [1.29, 1.82) is 0 Å². The minimum Gasteiger partial charge on any atom is -0.334 e. The summed E-state index contributed by atoms with van der Waals surface area (Å²) in [5.74, 6) is 0.0138. The second kappa shape index (κ2) is 6.60. The predicted octanol–water partition coefficient (Wildman–Crippen LogP) is 4.00. The van der Waals surface area contributed by atoms with Crippen molar-refractivity contribution in [2.45, 2.75) is 39.8 Å². The summed E-state index contributed by atoms with van der Waals surface area (Å²) in [6, 6.07) is 7.85. The van der Waals surface area contributed by atoms with Gasteiger partial charge in [-0.3, -0.25) is 4.79 Å². The normalized spacial score (nSPS) is 11.5. The highest BCUT2D eigenvalue weighted by molar-refractivity contribution is 6.32. The number of amides is 1. The third-order valence-corrected chi connectivity index (χ3v) is 3.02. The molecule has 0 bridgehead atoms. The molecule has 0 spiro atoms. The Kier molecular flexibility index (Phi) is 5.42. The van der Waals surface area contributed by atoms with Crippen LogP contribution in [0.15, 0.2) is 30.3 Å². The average molecular weight is 266 g/mol. The molecule has 0 saturated carbocycles. The number of rotatable bonds is 4. The van der Waals surface area contributed by atoms with Crippen molar-refractivity contribution in [1.82, 2.24) is 4.90 Å². The number of nitrogens with zero attached hydrogens (tertiary/aromatic N) is 1. The van der Waals surface area contributed by atoms with Crippen LogP contribution in [0.1, 0.15) is 33.3 Å². The summed E-state index contributed by atoms with van der Waals surface area (Å²) in [5.41, 5.74) is 0.861. The number of carbonyl (C=O) groups is 1. The zero-order chi connectivity index (χ0) is 13.7. The van der Waals surface area contributed by atoms with Gasteiger partial charge >= 0.3 is 0 Å². The molecule has 0 saturated heterocycles. The van der Waals surface area contributed by atoms with Crippen LogP contribution in [0.4, 0.5) is 0 Å². The lowest BCUT2D eigenvalue weighted by molar-refractivity contribution is -0.129. The van der Waals surface area contributed by atoms with E-state index in [1.54, 1.807) is 12.2 Å². The Bertz CT molecular complexity index is 430. The van der Waals surface area contributed by atoms with Gasteiger partial charge < -0.3 is 4.90 Å².